The Labute approximate surface area is 167 Å². The number of thiocarbonyl (C=S) groups is 1. The number of likely N-dealkylation sites (N-methyl/N-ethyl adjacent to an activating group) is 1. The van der Waals surface area contributed by atoms with Crippen LogP contribution < -0.4 is 5.32 Å². The summed E-state index contributed by atoms with van der Waals surface area (Å²) < 4.78 is 6.13. The molecular weight excluding hydrogens is 376 g/mol. The molecule has 2 aromatic heterocycles. The van der Waals surface area contributed by atoms with Crippen LogP contribution in [-0.4, -0.2) is 26.5 Å². The van der Waals surface area contributed by atoms with Gasteiger partial charge in [-0.25, -0.2) is 0 Å². The van der Waals surface area contributed by atoms with E-state index in [0.717, 1.165) is 11.5 Å². The number of rotatable bonds is 5. The second kappa shape index (κ2) is 7.40. The van der Waals surface area contributed by atoms with Gasteiger partial charge in [0.1, 0.15) is 17.6 Å². The number of nitro groups is 1. The minimum Gasteiger partial charge on any atom is -0.459 e. The fraction of sp³-hybridized carbons (Fsp3) is 0.200. The van der Waals surface area contributed by atoms with E-state index in [1.54, 1.807) is 18.3 Å². The zero-order valence-electron chi connectivity index (χ0n) is 15.1. The molecule has 0 aliphatic carbocycles. The number of aromatic nitrogens is 1. The van der Waals surface area contributed by atoms with E-state index in [1.807, 2.05) is 37.3 Å². The normalized spacial score (nSPS) is 18.9. The molecule has 1 saturated heterocycles. The van der Waals surface area contributed by atoms with E-state index in [0.29, 0.717) is 23.0 Å². The van der Waals surface area contributed by atoms with Crippen LogP contribution >= 0.6 is 12.2 Å². The molecule has 2 atom stereocenters. The lowest BCUT2D eigenvalue weighted by atomic mass is 10.0. The van der Waals surface area contributed by atoms with E-state index >= 15 is 0 Å². The van der Waals surface area contributed by atoms with E-state index in [1.165, 1.54) is 12.1 Å². The van der Waals surface area contributed by atoms with Crippen LogP contribution in [0.1, 0.15) is 30.5 Å². The predicted molar refractivity (Wildman–Crippen MR) is 109 cm³/mol. The molecule has 0 radical (unpaired) electrons. The molecule has 1 fully saturated rings. The topological polar surface area (TPSA) is 84.4 Å². The number of furan rings is 1. The number of hydrogen-bond donors (Lipinski definition) is 1. The van der Waals surface area contributed by atoms with Gasteiger partial charge in [0.2, 0.25) is 0 Å². The van der Waals surface area contributed by atoms with Crippen LogP contribution in [0.3, 0.4) is 0 Å². The van der Waals surface area contributed by atoms with Crippen LogP contribution in [0.4, 0.5) is 5.69 Å². The van der Waals surface area contributed by atoms with Gasteiger partial charge in [-0.15, -0.1) is 0 Å². The standard InChI is InChI=1S/C20H18N4O3S/c1-2-23-19(18(22-20(23)28)15-8-3-4-11-21-15)17-10-9-16(27-17)13-6-5-7-14(12-13)24(25)26/h3-12,18-19H,2H2,1H3,(H,22,28)/t18-,19+/m0/s1. The zero-order chi connectivity index (χ0) is 19.7. The molecule has 1 aliphatic heterocycles. The average Bonchev–Trinajstić information content (AvgIpc) is 3.33. The molecule has 0 amide bonds. The molecule has 3 heterocycles. The first kappa shape index (κ1) is 18.1. The second-order valence-corrected chi connectivity index (χ2v) is 6.81. The molecule has 3 aromatic rings. The van der Waals surface area contributed by atoms with E-state index < -0.39 is 4.92 Å². The molecule has 1 aromatic carbocycles. The molecule has 0 unspecified atom stereocenters. The lowest BCUT2D eigenvalue weighted by Gasteiger charge is -2.24. The quantitative estimate of drug-likeness (QED) is 0.393. The maximum Gasteiger partial charge on any atom is 0.270 e. The molecule has 0 spiro atoms. The van der Waals surface area contributed by atoms with Gasteiger partial charge in [0.05, 0.1) is 16.7 Å². The van der Waals surface area contributed by atoms with Crippen molar-refractivity contribution < 1.29 is 9.34 Å². The monoisotopic (exact) mass is 394 g/mol. The lowest BCUT2D eigenvalue weighted by molar-refractivity contribution is -0.384. The van der Waals surface area contributed by atoms with Gasteiger partial charge in [-0.2, -0.15) is 0 Å². The summed E-state index contributed by atoms with van der Waals surface area (Å²) in [6.45, 7) is 2.75. The summed E-state index contributed by atoms with van der Waals surface area (Å²) in [5.74, 6) is 1.30. The van der Waals surface area contributed by atoms with Gasteiger partial charge >= 0.3 is 0 Å². The third-order valence-electron chi connectivity index (χ3n) is 4.80. The summed E-state index contributed by atoms with van der Waals surface area (Å²) in [7, 11) is 0. The highest BCUT2D eigenvalue weighted by atomic mass is 32.1. The smallest absolute Gasteiger partial charge is 0.270 e. The summed E-state index contributed by atoms with van der Waals surface area (Å²) in [5.41, 5.74) is 1.56. The van der Waals surface area contributed by atoms with Crippen molar-refractivity contribution in [3.05, 3.63) is 82.4 Å². The molecule has 1 aliphatic rings. The van der Waals surface area contributed by atoms with Crippen molar-refractivity contribution in [2.45, 2.75) is 19.0 Å². The van der Waals surface area contributed by atoms with E-state index in [9.17, 15) is 10.1 Å². The molecule has 8 heteroatoms. The highest BCUT2D eigenvalue weighted by Gasteiger charge is 2.40. The molecule has 142 valence electrons. The van der Waals surface area contributed by atoms with Crippen LogP contribution in [0, 0.1) is 10.1 Å². The van der Waals surface area contributed by atoms with Crippen molar-refractivity contribution in [2.75, 3.05) is 6.54 Å². The molecule has 4 rings (SSSR count). The first-order chi connectivity index (χ1) is 13.6. The van der Waals surface area contributed by atoms with Gasteiger partial charge in [-0.1, -0.05) is 18.2 Å². The fourth-order valence-corrected chi connectivity index (χ4v) is 3.86. The first-order valence-electron chi connectivity index (χ1n) is 8.91. The number of nitro benzene ring substituents is 1. The summed E-state index contributed by atoms with van der Waals surface area (Å²) in [5, 5.41) is 15.0. The lowest BCUT2D eigenvalue weighted by Crippen LogP contribution is -2.29. The Balaban J connectivity index is 1.72. The van der Waals surface area contributed by atoms with Crippen LogP contribution in [0.15, 0.2) is 65.2 Å². The van der Waals surface area contributed by atoms with Gasteiger partial charge < -0.3 is 14.6 Å². The van der Waals surface area contributed by atoms with Gasteiger partial charge in [0.15, 0.2) is 5.11 Å². The Morgan fingerprint density at radius 1 is 1.25 bits per heavy atom. The van der Waals surface area contributed by atoms with Crippen LogP contribution in [0.5, 0.6) is 0 Å². The number of non-ortho nitro benzene ring substituents is 1. The molecule has 0 bridgehead atoms. The SMILES string of the molecule is CCN1C(=S)N[C@@H](c2ccccn2)[C@H]1c1ccc(-c2cccc([N+](=O)[O-])c2)o1. The Morgan fingerprint density at radius 3 is 2.82 bits per heavy atom. The van der Waals surface area contributed by atoms with E-state index in [4.69, 9.17) is 16.6 Å². The number of nitrogens with zero attached hydrogens (tertiary/aromatic N) is 3. The second-order valence-electron chi connectivity index (χ2n) is 6.42. The van der Waals surface area contributed by atoms with E-state index in [-0.39, 0.29) is 17.8 Å². The van der Waals surface area contributed by atoms with Crippen LogP contribution in [0.2, 0.25) is 0 Å². The van der Waals surface area contributed by atoms with Crippen molar-refractivity contribution in [3.63, 3.8) is 0 Å². The highest BCUT2D eigenvalue weighted by Crippen LogP contribution is 2.40. The third-order valence-corrected chi connectivity index (χ3v) is 5.15. The summed E-state index contributed by atoms with van der Waals surface area (Å²) in [6, 6.07) is 15.6. The van der Waals surface area contributed by atoms with Crippen molar-refractivity contribution in [3.8, 4) is 11.3 Å². The number of pyridine rings is 1. The Bertz CT molecular complexity index is 1020. The van der Waals surface area contributed by atoms with Crippen LogP contribution in [0.25, 0.3) is 11.3 Å². The van der Waals surface area contributed by atoms with Gasteiger partial charge in [0, 0.05) is 30.4 Å². The maximum absolute atomic E-state index is 11.1. The summed E-state index contributed by atoms with van der Waals surface area (Å²) in [4.78, 5) is 17.2. The average molecular weight is 394 g/mol. The van der Waals surface area contributed by atoms with Gasteiger partial charge in [-0.3, -0.25) is 15.1 Å². The number of nitrogens with one attached hydrogen (secondary N) is 1. The van der Waals surface area contributed by atoms with Gasteiger partial charge in [0.25, 0.3) is 5.69 Å². The van der Waals surface area contributed by atoms with Crippen molar-refractivity contribution in [2.24, 2.45) is 0 Å². The molecule has 28 heavy (non-hydrogen) atoms. The van der Waals surface area contributed by atoms with Crippen molar-refractivity contribution in [1.29, 1.82) is 0 Å². The maximum atomic E-state index is 11.1. The number of hydrogen-bond acceptors (Lipinski definition) is 5. The molecule has 7 nitrogen and oxygen atoms in total. The Hall–Kier alpha value is -3.26. The Kier molecular flexibility index (Phi) is 4.79. The fourth-order valence-electron chi connectivity index (χ4n) is 3.49. The molecule has 1 N–H and O–H groups in total. The van der Waals surface area contributed by atoms with Crippen molar-refractivity contribution in [1.82, 2.24) is 15.2 Å². The Morgan fingerprint density at radius 2 is 2.11 bits per heavy atom. The summed E-state index contributed by atoms with van der Waals surface area (Å²) in [6.07, 6.45) is 1.75. The van der Waals surface area contributed by atoms with Crippen LogP contribution in [-0.2, 0) is 0 Å². The van der Waals surface area contributed by atoms with Crippen molar-refractivity contribution >= 4 is 23.0 Å². The zero-order valence-corrected chi connectivity index (χ0v) is 15.9. The summed E-state index contributed by atoms with van der Waals surface area (Å²) >= 11 is 5.51. The predicted octanol–water partition coefficient (Wildman–Crippen LogP) is 4.24. The molecule has 0 saturated carbocycles. The first-order valence-corrected chi connectivity index (χ1v) is 9.32. The minimum atomic E-state index is -0.414. The van der Waals surface area contributed by atoms with Gasteiger partial charge in [-0.05, 0) is 43.4 Å². The third kappa shape index (κ3) is 3.22. The minimum absolute atomic E-state index is 0.0284. The van der Waals surface area contributed by atoms with E-state index in [2.05, 4.69) is 15.2 Å². The number of benzene rings is 1. The highest BCUT2D eigenvalue weighted by molar-refractivity contribution is 7.80. The molecular formula is C20H18N4O3S. The largest absolute Gasteiger partial charge is 0.459 e.